The van der Waals surface area contributed by atoms with Gasteiger partial charge in [0.2, 0.25) is 0 Å². The number of benzene rings is 1. The lowest BCUT2D eigenvalue weighted by Crippen LogP contribution is -2.35. The van der Waals surface area contributed by atoms with E-state index in [4.69, 9.17) is 0 Å². The molecule has 1 aromatic carbocycles. The minimum atomic E-state index is 0.171. The zero-order chi connectivity index (χ0) is 13.1. The van der Waals surface area contributed by atoms with Crippen LogP contribution in [0.3, 0.4) is 0 Å². The minimum Gasteiger partial charge on any atom is -0.315 e. The molecule has 0 saturated heterocycles. The first-order chi connectivity index (χ1) is 7.88. The van der Waals surface area contributed by atoms with Crippen LogP contribution in [0.2, 0.25) is 0 Å². The summed E-state index contributed by atoms with van der Waals surface area (Å²) in [6.45, 7) is 13.2. The fourth-order valence-electron chi connectivity index (χ4n) is 2.82. The van der Waals surface area contributed by atoms with Crippen molar-refractivity contribution in [1.29, 1.82) is 0 Å². The topological polar surface area (TPSA) is 12.0 Å². The maximum absolute atomic E-state index is 4.23. The van der Waals surface area contributed by atoms with E-state index in [0.29, 0.717) is 0 Å². The molecule has 0 atom stereocenters. The van der Waals surface area contributed by atoms with Crippen molar-refractivity contribution < 1.29 is 0 Å². The van der Waals surface area contributed by atoms with Gasteiger partial charge < -0.3 is 5.32 Å². The Morgan fingerprint density at radius 3 is 2.12 bits per heavy atom. The van der Waals surface area contributed by atoms with Crippen molar-refractivity contribution in [3.8, 4) is 0 Å². The normalized spacial score (nSPS) is 11.9. The van der Waals surface area contributed by atoms with Crippen molar-refractivity contribution in [2.45, 2.75) is 40.0 Å². The van der Waals surface area contributed by atoms with E-state index in [2.05, 4.69) is 64.7 Å². The molecule has 0 radical (unpaired) electrons. The van der Waals surface area contributed by atoms with Crippen molar-refractivity contribution in [1.82, 2.24) is 5.32 Å². The molecule has 0 aliphatic carbocycles. The van der Waals surface area contributed by atoms with E-state index in [1.807, 2.05) is 0 Å². The van der Waals surface area contributed by atoms with Crippen LogP contribution in [-0.4, -0.2) is 18.8 Å². The van der Waals surface area contributed by atoms with E-state index in [1.165, 1.54) is 22.3 Å². The van der Waals surface area contributed by atoms with Crippen LogP contribution >= 0.6 is 12.6 Å². The molecule has 0 saturated carbocycles. The third kappa shape index (κ3) is 3.75. The quantitative estimate of drug-likeness (QED) is 0.604. The Bertz CT molecular complexity index is 360. The van der Waals surface area contributed by atoms with Gasteiger partial charge in [0.25, 0.3) is 0 Å². The van der Waals surface area contributed by atoms with Crippen LogP contribution in [0.5, 0.6) is 0 Å². The second-order valence-corrected chi connectivity index (χ2v) is 6.01. The van der Waals surface area contributed by atoms with Crippen molar-refractivity contribution >= 4 is 12.6 Å². The zero-order valence-corrected chi connectivity index (χ0v) is 12.6. The molecular weight excluding hydrogens is 226 g/mol. The molecule has 1 aromatic rings. The molecule has 0 bridgehead atoms. The first kappa shape index (κ1) is 14.6. The van der Waals surface area contributed by atoms with Crippen LogP contribution < -0.4 is 5.32 Å². The summed E-state index contributed by atoms with van der Waals surface area (Å²) in [4.78, 5) is 0. The van der Waals surface area contributed by atoms with Gasteiger partial charge in [-0.25, -0.2) is 0 Å². The first-order valence-corrected chi connectivity index (χ1v) is 6.91. The zero-order valence-electron chi connectivity index (χ0n) is 11.7. The average molecular weight is 251 g/mol. The number of aryl methyl sites for hydroxylation is 3. The third-order valence-electron chi connectivity index (χ3n) is 3.21. The van der Waals surface area contributed by atoms with E-state index in [1.54, 1.807) is 0 Å². The van der Waals surface area contributed by atoms with E-state index < -0.39 is 0 Å². The molecule has 1 rings (SSSR count). The molecule has 0 amide bonds. The highest BCUT2D eigenvalue weighted by molar-refractivity contribution is 7.80. The molecule has 0 unspecified atom stereocenters. The maximum atomic E-state index is 4.23. The Hall–Kier alpha value is -0.470. The highest BCUT2D eigenvalue weighted by atomic mass is 32.1. The van der Waals surface area contributed by atoms with Gasteiger partial charge in [-0.1, -0.05) is 31.5 Å². The summed E-state index contributed by atoms with van der Waals surface area (Å²) >= 11 is 4.23. The fraction of sp³-hybridized carbons (Fsp3) is 0.600. The van der Waals surface area contributed by atoms with Gasteiger partial charge in [-0.15, -0.1) is 0 Å². The lowest BCUT2D eigenvalue weighted by Gasteiger charge is -2.30. The van der Waals surface area contributed by atoms with Crippen LogP contribution in [0, 0.1) is 20.8 Å². The standard InChI is InChI=1S/C15H25NS/c1-11-8-12(2)14(13(3)9-11)15(4,5)10-16-6-7-17/h8-9,16-17H,6-7,10H2,1-5H3. The Labute approximate surface area is 111 Å². The van der Waals surface area contributed by atoms with E-state index in [9.17, 15) is 0 Å². The highest BCUT2D eigenvalue weighted by Crippen LogP contribution is 2.29. The second-order valence-electron chi connectivity index (χ2n) is 5.56. The van der Waals surface area contributed by atoms with E-state index in [-0.39, 0.29) is 5.41 Å². The number of rotatable bonds is 5. The SMILES string of the molecule is Cc1cc(C)c(C(C)(C)CNCCS)c(C)c1. The predicted molar refractivity (Wildman–Crippen MR) is 80.4 cm³/mol. The molecule has 96 valence electrons. The Morgan fingerprint density at radius 2 is 1.65 bits per heavy atom. The number of thiol groups is 1. The molecule has 0 aromatic heterocycles. The molecule has 0 heterocycles. The van der Waals surface area contributed by atoms with Gasteiger partial charge in [0.15, 0.2) is 0 Å². The summed E-state index contributed by atoms with van der Waals surface area (Å²) in [5.41, 5.74) is 5.81. The first-order valence-electron chi connectivity index (χ1n) is 6.28. The predicted octanol–water partition coefficient (Wildman–Crippen LogP) is 3.41. The molecule has 0 fully saturated rings. The Morgan fingerprint density at radius 1 is 1.12 bits per heavy atom. The van der Waals surface area contributed by atoms with Gasteiger partial charge >= 0.3 is 0 Å². The average Bonchev–Trinajstić information content (AvgIpc) is 2.15. The minimum absolute atomic E-state index is 0.171. The summed E-state index contributed by atoms with van der Waals surface area (Å²) in [6.07, 6.45) is 0. The van der Waals surface area contributed by atoms with Crippen LogP contribution in [0.15, 0.2) is 12.1 Å². The van der Waals surface area contributed by atoms with E-state index >= 15 is 0 Å². The summed E-state index contributed by atoms with van der Waals surface area (Å²) < 4.78 is 0. The second kappa shape index (κ2) is 5.92. The summed E-state index contributed by atoms with van der Waals surface area (Å²) in [7, 11) is 0. The van der Waals surface area contributed by atoms with Crippen LogP contribution in [0.4, 0.5) is 0 Å². The summed E-state index contributed by atoms with van der Waals surface area (Å²) in [5.74, 6) is 0.891. The van der Waals surface area contributed by atoms with Crippen molar-refractivity contribution in [2.24, 2.45) is 0 Å². The highest BCUT2D eigenvalue weighted by Gasteiger charge is 2.23. The third-order valence-corrected chi connectivity index (χ3v) is 3.43. The summed E-state index contributed by atoms with van der Waals surface area (Å²) in [5, 5.41) is 3.47. The molecule has 1 nitrogen and oxygen atoms in total. The Kier molecular flexibility index (Phi) is 5.08. The molecule has 17 heavy (non-hydrogen) atoms. The van der Waals surface area contributed by atoms with Crippen LogP contribution in [0.25, 0.3) is 0 Å². The lowest BCUT2D eigenvalue weighted by molar-refractivity contribution is 0.474. The van der Waals surface area contributed by atoms with Gasteiger partial charge in [0, 0.05) is 24.3 Å². The smallest absolute Gasteiger partial charge is 0.00437 e. The van der Waals surface area contributed by atoms with E-state index in [0.717, 1.165) is 18.8 Å². The number of nitrogens with one attached hydrogen (secondary N) is 1. The monoisotopic (exact) mass is 251 g/mol. The van der Waals surface area contributed by atoms with Gasteiger partial charge in [0.1, 0.15) is 0 Å². The molecule has 2 heteroatoms. The fourth-order valence-corrected chi connectivity index (χ4v) is 2.97. The summed E-state index contributed by atoms with van der Waals surface area (Å²) in [6, 6.07) is 4.56. The van der Waals surface area contributed by atoms with Crippen LogP contribution in [-0.2, 0) is 5.41 Å². The molecular formula is C15H25NS. The van der Waals surface area contributed by atoms with Gasteiger partial charge in [-0.05, 0) is 37.5 Å². The van der Waals surface area contributed by atoms with Gasteiger partial charge in [0.05, 0.1) is 0 Å². The molecule has 0 aliphatic rings. The molecule has 0 spiro atoms. The number of hydrogen-bond acceptors (Lipinski definition) is 2. The van der Waals surface area contributed by atoms with Crippen LogP contribution in [0.1, 0.15) is 36.1 Å². The molecule has 0 aliphatic heterocycles. The van der Waals surface area contributed by atoms with Gasteiger partial charge in [-0.2, -0.15) is 12.6 Å². The van der Waals surface area contributed by atoms with Crippen molar-refractivity contribution in [3.63, 3.8) is 0 Å². The Balaban J connectivity index is 2.97. The largest absolute Gasteiger partial charge is 0.315 e. The van der Waals surface area contributed by atoms with Crippen molar-refractivity contribution in [2.75, 3.05) is 18.8 Å². The molecule has 1 N–H and O–H groups in total. The number of hydrogen-bond donors (Lipinski definition) is 2. The van der Waals surface area contributed by atoms with Gasteiger partial charge in [-0.3, -0.25) is 0 Å². The lowest BCUT2D eigenvalue weighted by atomic mass is 9.79. The maximum Gasteiger partial charge on any atom is 0.00437 e. The van der Waals surface area contributed by atoms with Crippen molar-refractivity contribution in [3.05, 3.63) is 34.4 Å².